The van der Waals surface area contributed by atoms with Gasteiger partial charge >= 0.3 is 0 Å². The lowest BCUT2D eigenvalue weighted by molar-refractivity contribution is 0.112. The molecule has 88 valence electrons. The third-order valence-corrected chi connectivity index (χ3v) is 2.97. The highest BCUT2D eigenvalue weighted by molar-refractivity contribution is 5.76. The van der Waals surface area contributed by atoms with E-state index in [1.807, 2.05) is 29.5 Å². The molecule has 0 amide bonds. The van der Waals surface area contributed by atoms with Crippen molar-refractivity contribution in [2.45, 2.75) is 6.92 Å². The minimum absolute atomic E-state index is 0.643. The average Bonchev–Trinajstić information content (AvgIpc) is 2.77. The summed E-state index contributed by atoms with van der Waals surface area (Å²) in [4.78, 5) is 19.4. The van der Waals surface area contributed by atoms with Crippen LogP contribution >= 0.6 is 0 Å². The second kappa shape index (κ2) is 4.07. The number of carbonyl (C=O) groups excluding carboxylic acids is 1. The van der Waals surface area contributed by atoms with E-state index in [9.17, 15) is 4.79 Å². The highest BCUT2D eigenvalue weighted by atomic mass is 16.1. The van der Waals surface area contributed by atoms with Crippen LogP contribution in [0.1, 0.15) is 16.1 Å². The minimum atomic E-state index is 0.643. The first-order chi connectivity index (χ1) is 8.79. The smallest absolute Gasteiger partial charge is 0.151 e. The number of aldehydes is 1. The van der Waals surface area contributed by atoms with E-state index >= 15 is 0 Å². The van der Waals surface area contributed by atoms with E-state index < -0.39 is 0 Å². The van der Waals surface area contributed by atoms with Crippen LogP contribution in [0.5, 0.6) is 0 Å². The van der Waals surface area contributed by atoms with Gasteiger partial charge in [-0.25, -0.2) is 4.98 Å². The zero-order valence-electron chi connectivity index (χ0n) is 9.87. The van der Waals surface area contributed by atoms with Crippen LogP contribution in [0.15, 0.2) is 42.9 Å². The van der Waals surface area contributed by atoms with Gasteiger partial charge in [-0.15, -0.1) is 0 Å². The number of imidazole rings is 1. The third-order valence-electron chi connectivity index (χ3n) is 2.97. The summed E-state index contributed by atoms with van der Waals surface area (Å²) >= 11 is 0. The van der Waals surface area contributed by atoms with E-state index in [0.29, 0.717) is 5.56 Å². The Kier molecular flexibility index (Phi) is 2.41. The Labute approximate surface area is 104 Å². The average molecular weight is 237 g/mol. The summed E-state index contributed by atoms with van der Waals surface area (Å²) in [6.07, 6.45) is 6.13. The number of hydrogen-bond acceptors (Lipinski definition) is 3. The first-order valence-corrected chi connectivity index (χ1v) is 5.64. The highest BCUT2D eigenvalue weighted by Gasteiger charge is 2.10. The molecule has 0 aliphatic rings. The van der Waals surface area contributed by atoms with Crippen LogP contribution in [-0.2, 0) is 0 Å². The van der Waals surface area contributed by atoms with Crippen molar-refractivity contribution < 1.29 is 4.79 Å². The third kappa shape index (κ3) is 1.59. The molecule has 0 saturated carbocycles. The normalized spacial score (nSPS) is 10.7. The molecule has 0 aliphatic heterocycles. The zero-order valence-corrected chi connectivity index (χ0v) is 9.87. The largest absolute Gasteiger partial charge is 0.303 e. The number of aromatic nitrogens is 3. The van der Waals surface area contributed by atoms with Gasteiger partial charge in [0, 0.05) is 35.4 Å². The van der Waals surface area contributed by atoms with Gasteiger partial charge in [-0.3, -0.25) is 9.78 Å². The maximum Gasteiger partial charge on any atom is 0.151 e. The number of carbonyl (C=O) groups is 1. The van der Waals surface area contributed by atoms with Crippen molar-refractivity contribution in [2.24, 2.45) is 0 Å². The molecule has 0 saturated heterocycles. The molecule has 3 heterocycles. The molecule has 3 rings (SSSR count). The van der Waals surface area contributed by atoms with Crippen LogP contribution < -0.4 is 0 Å². The topological polar surface area (TPSA) is 47.3 Å². The van der Waals surface area contributed by atoms with E-state index in [1.165, 1.54) is 0 Å². The summed E-state index contributed by atoms with van der Waals surface area (Å²) in [6.45, 7) is 1.99. The summed E-state index contributed by atoms with van der Waals surface area (Å²) in [5.41, 5.74) is 4.44. The van der Waals surface area contributed by atoms with Crippen LogP contribution in [0.4, 0.5) is 0 Å². The molecular formula is C14H11N3O. The van der Waals surface area contributed by atoms with Gasteiger partial charge in [0.15, 0.2) is 6.29 Å². The Morgan fingerprint density at radius 3 is 2.67 bits per heavy atom. The standard InChI is InChI=1S/C14H11N3O/c1-10-14(12-4-6-15-7-5-12)16-13-3-2-11(9-18)8-17(10)13/h2-9H,1H3. The van der Waals surface area contributed by atoms with E-state index in [-0.39, 0.29) is 0 Å². The molecule has 0 radical (unpaired) electrons. The monoisotopic (exact) mass is 237 g/mol. The van der Waals surface area contributed by atoms with Crippen LogP contribution in [0.2, 0.25) is 0 Å². The second-order valence-electron chi connectivity index (χ2n) is 4.09. The Hall–Kier alpha value is -2.49. The van der Waals surface area contributed by atoms with Gasteiger partial charge in [-0.2, -0.15) is 0 Å². The summed E-state index contributed by atoms with van der Waals surface area (Å²) in [6, 6.07) is 7.47. The predicted molar refractivity (Wildman–Crippen MR) is 68.5 cm³/mol. The fourth-order valence-corrected chi connectivity index (χ4v) is 2.03. The van der Waals surface area contributed by atoms with Gasteiger partial charge in [-0.1, -0.05) is 0 Å². The quantitative estimate of drug-likeness (QED) is 0.643. The summed E-state index contributed by atoms with van der Waals surface area (Å²) in [7, 11) is 0. The number of pyridine rings is 2. The fourth-order valence-electron chi connectivity index (χ4n) is 2.03. The van der Waals surface area contributed by atoms with Crippen molar-refractivity contribution in [1.29, 1.82) is 0 Å². The number of aryl methyl sites for hydroxylation is 1. The maximum atomic E-state index is 10.8. The van der Waals surface area contributed by atoms with Crippen molar-refractivity contribution in [3.63, 3.8) is 0 Å². The Bertz CT molecular complexity index is 716. The van der Waals surface area contributed by atoms with Gasteiger partial charge in [0.2, 0.25) is 0 Å². The van der Waals surface area contributed by atoms with E-state index in [1.54, 1.807) is 24.7 Å². The van der Waals surface area contributed by atoms with Crippen molar-refractivity contribution in [3.8, 4) is 11.3 Å². The van der Waals surface area contributed by atoms with E-state index in [2.05, 4.69) is 9.97 Å². The van der Waals surface area contributed by atoms with Crippen molar-refractivity contribution in [1.82, 2.24) is 14.4 Å². The fraction of sp³-hybridized carbons (Fsp3) is 0.0714. The molecule has 4 nitrogen and oxygen atoms in total. The summed E-state index contributed by atoms with van der Waals surface area (Å²) < 4.78 is 1.93. The minimum Gasteiger partial charge on any atom is -0.303 e. The molecule has 4 heteroatoms. The molecule has 0 spiro atoms. The number of fused-ring (bicyclic) bond motifs is 1. The Balaban J connectivity index is 2.26. The maximum absolute atomic E-state index is 10.8. The van der Waals surface area contributed by atoms with Gasteiger partial charge in [-0.05, 0) is 31.2 Å². The van der Waals surface area contributed by atoms with Crippen LogP contribution in [-0.4, -0.2) is 20.7 Å². The predicted octanol–water partition coefficient (Wildman–Crippen LogP) is 2.52. The van der Waals surface area contributed by atoms with Gasteiger partial charge in [0.1, 0.15) is 5.65 Å². The van der Waals surface area contributed by atoms with Crippen LogP contribution in [0.3, 0.4) is 0 Å². The summed E-state index contributed by atoms with van der Waals surface area (Å²) in [5.74, 6) is 0. The molecular weight excluding hydrogens is 226 g/mol. The molecule has 0 N–H and O–H groups in total. The lowest BCUT2D eigenvalue weighted by Gasteiger charge is -1.99. The number of nitrogens with zero attached hydrogens (tertiary/aromatic N) is 3. The lowest BCUT2D eigenvalue weighted by Crippen LogP contribution is -1.90. The zero-order chi connectivity index (χ0) is 12.5. The van der Waals surface area contributed by atoms with Gasteiger partial charge in [0.25, 0.3) is 0 Å². The number of rotatable bonds is 2. The highest BCUT2D eigenvalue weighted by Crippen LogP contribution is 2.23. The first-order valence-electron chi connectivity index (χ1n) is 5.64. The van der Waals surface area contributed by atoms with Crippen LogP contribution in [0.25, 0.3) is 16.9 Å². The Morgan fingerprint density at radius 2 is 1.94 bits per heavy atom. The van der Waals surface area contributed by atoms with Crippen molar-refractivity contribution in [2.75, 3.05) is 0 Å². The SMILES string of the molecule is Cc1c(-c2ccncc2)nc2ccc(C=O)cn12. The van der Waals surface area contributed by atoms with Crippen LogP contribution in [0, 0.1) is 6.92 Å². The molecule has 3 aromatic heterocycles. The molecule has 0 aliphatic carbocycles. The van der Waals surface area contributed by atoms with Crippen molar-refractivity contribution in [3.05, 3.63) is 54.1 Å². The molecule has 0 fully saturated rings. The van der Waals surface area contributed by atoms with E-state index in [4.69, 9.17) is 0 Å². The first kappa shape index (κ1) is 10.7. The molecule has 0 unspecified atom stereocenters. The molecule has 0 atom stereocenters. The van der Waals surface area contributed by atoms with Gasteiger partial charge < -0.3 is 4.40 Å². The lowest BCUT2D eigenvalue weighted by atomic mass is 10.2. The second-order valence-corrected chi connectivity index (χ2v) is 4.09. The summed E-state index contributed by atoms with van der Waals surface area (Å²) in [5, 5.41) is 0. The van der Waals surface area contributed by atoms with E-state index in [0.717, 1.165) is 28.9 Å². The molecule has 0 aromatic carbocycles. The Morgan fingerprint density at radius 1 is 1.17 bits per heavy atom. The van der Waals surface area contributed by atoms with Crippen molar-refractivity contribution >= 4 is 11.9 Å². The molecule has 3 aromatic rings. The molecule has 18 heavy (non-hydrogen) atoms. The molecule has 0 bridgehead atoms. The van der Waals surface area contributed by atoms with Gasteiger partial charge in [0.05, 0.1) is 5.69 Å². The number of hydrogen-bond donors (Lipinski definition) is 0.